The van der Waals surface area contributed by atoms with Crippen LogP contribution in [-0.4, -0.2) is 64.2 Å². The topological polar surface area (TPSA) is 157 Å². The molecular formula is C17H22N2O9. The van der Waals surface area contributed by atoms with E-state index in [4.69, 9.17) is 4.74 Å². The van der Waals surface area contributed by atoms with Gasteiger partial charge in [0, 0.05) is 23.9 Å². The summed E-state index contributed by atoms with van der Waals surface area (Å²) in [6, 6.07) is 1.09. The highest BCUT2D eigenvalue weighted by Gasteiger charge is 2.43. The van der Waals surface area contributed by atoms with E-state index in [1.807, 2.05) is 4.98 Å². The van der Waals surface area contributed by atoms with E-state index in [2.05, 4.69) is 9.47 Å². The summed E-state index contributed by atoms with van der Waals surface area (Å²) in [5, 5.41) is 20.4. The maximum absolute atomic E-state index is 11.9. The van der Waals surface area contributed by atoms with Crippen molar-refractivity contribution in [2.75, 3.05) is 14.2 Å². The lowest BCUT2D eigenvalue weighted by atomic mass is 10.0. The first-order valence-electron chi connectivity index (χ1n) is 8.48. The molecule has 1 aromatic rings. The summed E-state index contributed by atoms with van der Waals surface area (Å²) in [4.78, 5) is 48.1. The van der Waals surface area contributed by atoms with Crippen LogP contribution in [0.4, 0.5) is 0 Å². The molecule has 2 heterocycles. The molecule has 0 bridgehead atoms. The van der Waals surface area contributed by atoms with Crippen molar-refractivity contribution in [1.29, 1.82) is 0 Å². The molecule has 0 aromatic carbocycles. The van der Waals surface area contributed by atoms with E-state index in [0.29, 0.717) is 6.42 Å². The number of rotatable bonds is 7. The van der Waals surface area contributed by atoms with E-state index < -0.39 is 47.7 Å². The Labute approximate surface area is 159 Å². The lowest BCUT2D eigenvalue weighted by Gasteiger charge is -2.16. The third kappa shape index (κ3) is 4.94. The fraction of sp³-hybridized carbons (Fsp3) is 0.529. The molecule has 28 heavy (non-hydrogen) atoms. The average molecular weight is 398 g/mol. The predicted octanol–water partition coefficient (Wildman–Crippen LogP) is -1.40. The standard InChI is InChI=1S/C17H22N2O9/c1-26-12(21)8-9(16(24)27-2)4-3-5-10-13(22)14(23)15(28-10)19-7-6-11(20)18-17(19)25/h6-8,10,13-15,22-23H,3-5H2,1-2H3,(H,18,20,25)/b9-8-/t10-,13-,14-,15-/m1/s1. The van der Waals surface area contributed by atoms with Gasteiger partial charge in [0.15, 0.2) is 6.23 Å². The highest BCUT2D eigenvalue weighted by molar-refractivity contribution is 5.96. The maximum Gasteiger partial charge on any atom is 0.333 e. The number of aliphatic hydroxyl groups is 2. The van der Waals surface area contributed by atoms with Crippen molar-refractivity contribution < 1.29 is 34.0 Å². The molecular weight excluding hydrogens is 376 g/mol. The molecule has 1 aliphatic heterocycles. The van der Waals surface area contributed by atoms with Crippen LogP contribution in [0.3, 0.4) is 0 Å². The highest BCUT2D eigenvalue weighted by atomic mass is 16.6. The van der Waals surface area contributed by atoms with Crippen LogP contribution in [-0.2, 0) is 23.8 Å². The van der Waals surface area contributed by atoms with Crippen molar-refractivity contribution in [1.82, 2.24) is 9.55 Å². The number of hydrogen-bond donors (Lipinski definition) is 3. The molecule has 3 N–H and O–H groups in total. The SMILES string of the molecule is COC(=O)/C=C(/CCC[C@H]1O[C@@H](n2ccc(=O)[nH]c2=O)[C@H](O)[C@@H]1O)C(=O)OC. The van der Waals surface area contributed by atoms with Gasteiger partial charge in [-0.3, -0.25) is 14.3 Å². The number of H-pyrrole nitrogens is 1. The lowest BCUT2D eigenvalue weighted by Crippen LogP contribution is -2.37. The smallest absolute Gasteiger partial charge is 0.333 e. The zero-order valence-electron chi connectivity index (χ0n) is 15.4. The first kappa shape index (κ1) is 21.5. The second-order valence-electron chi connectivity index (χ2n) is 6.14. The molecule has 0 unspecified atom stereocenters. The molecule has 0 spiro atoms. The van der Waals surface area contributed by atoms with E-state index in [0.717, 1.165) is 16.7 Å². The van der Waals surface area contributed by atoms with Crippen LogP contribution in [0.15, 0.2) is 33.5 Å². The van der Waals surface area contributed by atoms with Crippen LogP contribution in [0.1, 0.15) is 25.5 Å². The van der Waals surface area contributed by atoms with E-state index in [-0.39, 0.29) is 18.4 Å². The van der Waals surface area contributed by atoms with E-state index >= 15 is 0 Å². The molecule has 1 aromatic heterocycles. The summed E-state index contributed by atoms with van der Waals surface area (Å²) in [6.07, 6.45) is -1.79. The third-order valence-corrected chi connectivity index (χ3v) is 4.34. The molecule has 11 nitrogen and oxygen atoms in total. The van der Waals surface area contributed by atoms with E-state index in [9.17, 15) is 29.4 Å². The number of aliphatic hydroxyl groups excluding tert-OH is 2. The van der Waals surface area contributed by atoms with Gasteiger partial charge in [0.1, 0.15) is 12.2 Å². The van der Waals surface area contributed by atoms with Crippen LogP contribution in [0, 0.1) is 0 Å². The number of aromatic nitrogens is 2. The fourth-order valence-corrected chi connectivity index (χ4v) is 2.88. The van der Waals surface area contributed by atoms with Crippen molar-refractivity contribution in [2.45, 2.75) is 43.8 Å². The summed E-state index contributed by atoms with van der Waals surface area (Å²) >= 11 is 0. The number of esters is 2. The quantitative estimate of drug-likeness (QED) is 0.371. The van der Waals surface area contributed by atoms with Gasteiger partial charge in [0.25, 0.3) is 5.56 Å². The third-order valence-electron chi connectivity index (χ3n) is 4.34. The zero-order valence-corrected chi connectivity index (χ0v) is 15.4. The first-order valence-corrected chi connectivity index (χ1v) is 8.48. The van der Waals surface area contributed by atoms with Crippen molar-refractivity contribution in [3.05, 3.63) is 44.8 Å². The minimum Gasteiger partial charge on any atom is -0.466 e. The molecule has 0 amide bonds. The number of methoxy groups -OCH3 is 2. The predicted molar refractivity (Wildman–Crippen MR) is 93.2 cm³/mol. The van der Waals surface area contributed by atoms with Crippen molar-refractivity contribution >= 4 is 11.9 Å². The first-order chi connectivity index (χ1) is 13.3. The van der Waals surface area contributed by atoms with Gasteiger partial charge in [-0.15, -0.1) is 0 Å². The van der Waals surface area contributed by atoms with Gasteiger partial charge < -0.3 is 24.4 Å². The fourth-order valence-electron chi connectivity index (χ4n) is 2.88. The number of carbonyl (C=O) groups is 2. The Morgan fingerprint density at radius 2 is 1.96 bits per heavy atom. The molecule has 4 atom stereocenters. The lowest BCUT2D eigenvalue weighted by molar-refractivity contribution is -0.138. The summed E-state index contributed by atoms with van der Waals surface area (Å²) in [7, 11) is 2.36. The van der Waals surface area contributed by atoms with Gasteiger partial charge in [0.05, 0.1) is 20.3 Å². The summed E-state index contributed by atoms with van der Waals surface area (Å²) in [5.74, 6) is -1.39. The number of nitrogens with one attached hydrogen (secondary N) is 1. The second-order valence-corrected chi connectivity index (χ2v) is 6.14. The van der Waals surface area contributed by atoms with Gasteiger partial charge in [-0.1, -0.05) is 0 Å². The van der Waals surface area contributed by atoms with Gasteiger partial charge >= 0.3 is 17.6 Å². The zero-order chi connectivity index (χ0) is 20.8. The Morgan fingerprint density at radius 3 is 2.57 bits per heavy atom. The minimum absolute atomic E-state index is 0.0933. The molecule has 0 saturated carbocycles. The van der Waals surface area contributed by atoms with Gasteiger partial charge in [-0.05, 0) is 19.3 Å². The largest absolute Gasteiger partial charge is 0.466 e. The summed E-state index contributed by atoms with van der Waals surface area (Å²) in [5.41, 5.74) is -1.28. The number of nitrogens with zero attached hydrogens (tertiary/aromatic N) is 1. The molecule has 154 valence electrons. The number of hydrogen-bond acceptors (Lipinski definition) is 9. The van der Waals surface area contributed by atoms with Crippen LogP contribution in [0.2, 0.25) is 0 Å². The van der Waals surface area contributed by atoms with Crippen LogP contribution < -0.4 is 11.2 Å². The number of carbonyl (C=O) groups excluding carboxylic acids is 2. The Morgan fingerprint density at radius 1 is 1.25 bits per heavy atom. The Kier molecular flexibility index (Phi) is 7.26. The molecule has 0 radical (unpaired) electrons. The van der Waals surface area contributed by atoms with Crippen molar-refractivity contribution in [2.24, 2.45) is 0 Å². The van der Waals surface area contributed by atoms with Crippen molar-refractivity contribution in [3.8, 4) is 0 Å². The maximum atomic E-state index is 11.9. The number of aromatic amines is 1. The second kappa shape index (κ2) is 9.44. The molecule has 1 saturated heterocycles. The Bertz CT molecular complexity index is 857. The normalized spacial score (nSPS) is 24.8. The molecule has 11 heteroatoms. The van der Waals surface area contributed by atoms with Crippen LogP contribution >= 0.6 is 0 Å². The average Bonchev–Trinajstić information content (AvgIpc) is 2.94. The molecule has 1 fully saturated rings. The summed E-state index contributed by atoms with van der Waals surface area (Å²) < 4.78 is 15.7. The van der Waals surface area contributed by atoms with Gasteiger partial charge in [-0.25, -0.2) is 14.4 Å². The minimum atomic E-state index is -1.39. The highest BCUT2D eigenvalue weighted by Crippen LogP contribution is 2.31. The van der Waals surface area contributed by atoms with E-state index in [1.165, 1.54) is 20.4 Å². The van der Waals surface area contributed by atoms with Crippen LogP contribution in [0.25, 0.3) is 0 Å². The molecule has 2 rings (SSSR count). The Balaban J connectivity index is 2.03. The van der Waals surface area contributed by atoms with Crippen molar-refractivity contribution in [3.63, 3.8) is 0 Å². The summed E-state index contributed by atoms with van der Waals surface area (Å²) in [6.45, 7) is 0. The molecule has 0 aliphatic carbocycles. The van der Waals surface area contributed by atoms with Crippen LogP contribution in [0.5, 0.6) is 0 Å². The van der Waals surface area contributed by atoms with Gasteiger partial charge in [0.2, 0.25) is 0 Å². The monoisotopic (exact) mass is 398 g/mol. The van der Waals surface area contributed by atoms with E-state index in [1.54, 1.807) is 0 Å². The Hall–Kier alpha value is -2.76. The molecule has 1 aliphatic rings. The number of ether oxygens (including phenoxy) is 3. The van der Waals surface area contributed by atoms with Gasteiger partial charge in [-0.2, -0.15) is 0 Å².